The van der Waals surface area contributed by atoms with Gasteiger partial charge in [0, 0.05) is 15.8 Å². The van der Waals surface area contributed by atoms with Gasteiger partial charge in [0.2, 0.25) is 0 Å². The van der Waals surface area contributed by atoms with Crippen molar-refractivity contribution in [3.63, 3.8) is 0 Å². The first kappa shape index (κ1) is 11.9. The Labute approximate surface area is 84.4 Å². The van der Waals surface area contributed by atoms with Crippen LogP contribution in [0.3, 0.4) is 0 Å². The first-order valence-electron chi connectivity index (χ1n) is 4.12. The molecular weight excluding hydrogens is 190 g/mol. The third-order valence-electron chi connectivity index (χ3n) is 1.84. The smallest absolute Gasteiger partial charge is 0.0387 e. The van der Waals surface area contributed by atoms with Gasteiger partial charge < -0.3 is 5.73 Å². The molecule has 0 unspecified atom stereocenters. The van der Waals surface area contributed by atoms with Crippen molar-refractivity contribution >= 4 is 23.7 Å². The minimum absolute atomic E-state index is 0. The number of thiophene rings is 1. The van der Waals surface area contributed by atoms with E-state index in [9.17, 15) is 0 Å². The van der Waals surface area contributed by atoms with E-state index < -0.39 is 0 Å². The molecule has 1 atom stereocenters. The van der Waals surface area contributed by atoms with Crippen LogP contribution in [0.25, 0.3) is 0 Å². The third kappa shape index (κ3) is 2.77. The van der Waals surface area contributed by atoms with Crippen molar-refractivity contribution in [1.82, 2.24) is 0 Å². The van der Waals surface area contributed by atoms with E-state index in [2.05, 4.69) is 26.0 Å². The molecule has 70 valence electrons. The molecule has 1 heterocycles. The normalized spacial score (nSPS) is 12.2. The number of halogens is 1. The predicted molar refractivity (Wildman–Crippen MR) is 58.2 cm³/mol. The Balaban J connectivity index is 0.00000121. The molecule has 0 aliphatic rings. The molecule has 1 rings (SSSR count). The molecule has 1 aromatic heterocycles. The monoisotopic (exact) mass is 205 g/mol. The van der Waals surface area contributed by atoms with Crippen LogP contribution >= 0.6 is 23.7 Å². The summed E-state index contributed by atoms with van der Waals surface area (Å²) in [5, 5.41) is 0. The van der Waals surface area contributed by atoms with Crippen molar-refractivity contribution in [2.75, 3.05) is 0 Å². The summed E-state index contributed by atoms with van der Waals surface area (Å²) in [6.45, 7) is 4.29. The SMILES string of the molecule is CCc1ccc([C@@H](N)CC)s1.Cl. The molecular formula is C9H16ClNS. The predicted octanol–water partition coefficient (Wildman–Crippen LogP) is 3.14. The van der Waals surface area contributed by atoms with Gasteiger partial charge in [-0.1, -0.05) is 13.8 Å². The van der Waals surface area contributed by atoms with Crippen LogP contribution in [0.1, 0.15) is 36.1 Å². The Morgan fingerprint density at radius 1 is 1.42 bits per heavy atom. The maximum absolute atomic E-state index is 5.87. The molecule has 0 aliphatic carbocycles. The highest BCUT2D eigenvalue weighted by molar-refractivity contribution is 7.12. The summed E-state index contributed by atoms with van der Waals surface area (Å²) >= 11 is 1.84. The summed E-state index contributed by atoms with van der Waals surface area (Å²) in [5.41, 5.74) is 5.87. The van der Waals surface area contributed by atoms with E-state index in [0.29, 0.717) is 0 Å². The highest BCUT2D eigenvalue weighted by atomic mass is 35.5. The molecule has 0 aromatic carbocycles. The molecule has 12 heavy (non-hydrogen) atoms. The van der Waals surface area contributed by atoms with Crippen LogP contribution in [0.5, 0.6) is 0 Å². The second-order valence-corrected chi connectivity index (χ2v) is 3.87. The highest BCUT2D eigenvalue weighted by Gasteiger charge is 2.05. The second kappa shape index (κ2) is 5.57. The molecule has 2 N–H and O–H groups in total. The molecule has 1 nitrogen and oxygen atoms in total. The van der Waals surface area contributed by atoms with Gasteiger partial charge in [0.25, 0.3) is 0 Å². The van der Waals surface area contributed by atoms with Gasteiger partial charge in [0.1, 0.15) is 0 Å². The molecule has 0 fully saturated rings. The molecule has 0 spiro atoms. The Morgan fingerprint density at radius 2 is 2.08 bits per heavy atom. The van der Waals surface area contributed by atoms with Crippen molar-refractivity contribution in [1.29, 1.82) is 0 Å². The first-order valence-corrected chi connectivity index (χ1v) is 4.93. The van der Waals surface area contributed by atoms with Gasteiger partial charge >= 0.3 is 0 Å². The van der Waals surface area contributed by atoms with Crippen LogP contribution in [0.4, 0.5) is 0 Å². The van der Waals surface area contributed by atoms with Gasteiger partial charge in [0.05, 0.1) is 0 Å². The van der Waals surface area contributed by atoms with E-state index in [-0.39, 0.29) is 18.4 Å². The van der Waals surface area contributed by atoms with Crippen molar-refractivity contribution in [2.24, 2.45) is 5.73 Å². The summed E-state index contributed by atoms with van der Waals surface area (Å²) < 4.78 is 0. The molecule has 0 radical (unpaired) electrons. The average molecular weight is 206 g/mol. The van der Waals surface area contributed by atoms with Crippen molar-refractivity contribution < 1.29 is 0 Å². The standard InChI is InChI=1S/C9H15NS.ClH/c1-3-7-5-6-9(11-7)8(10)4-2;/h5-6,8H,3-4,10H2,1-2H3;1H/t8-;/m0./s1. The van der Waals surface area contributed by atoms with Gasteiger partial charge in [-0.05, 0) is 25.0 Å². The summed E-state index contributed by atoms with van der Waals surface area (Å²) in [6.07, 6.45) is 2.16. The maximum Gasteiger partial charge on any atom is 0.0387 e. The molecule has 3 heteroatoms. The maximum atomic E-state index is 5.87. The Bertz CT molecular complexity index is 222. The quantitative estimate of drug-likeness (QED) is 0.806. The minimum Gasteiger partial charge on any atom is -0.323 e. The minimum atomic E-state index is 0. The van der Waals surface area contributed by atoms with Gasteiger partial charge in [-0.3, -0.25) is 0 Å². The number of nitrogens with two attached hydrogens (primary N) is 1. The lowest BCUT2D eigenvalue weighted by Gasteiger charge is -2.03. The Hall–Kier alpha value is -0.0500. The summed E-state index contributed by atoms with van der Waals surface area (Å²) in [5.74, 6) is 0. The van der Waals surface area contributed by atoms with Crippen LogP contribution in [-0.2, 0) is 6.42 Å². The zero-order valence-corrected chi connectivity index (χ0v) is 9.17. The van der Waals surface area contributed by atoms with E-state index >= 15 is 0 Å². The summed E-state index contributed by atoms with van der Waals surface area (Å²) in [4.78, 5) is 2.76. The van der Waals surface area contributed by atoms with Gasteiger partial charge in [-0.15, -0.1) is 23.7 Å². The number of hydrogen-bond donors (Lipinski definition) is 1. The lowest BCUT2D eigenvalue weighted by Crippen LogP contribution is -2.05. The molecule has 0 saturated heterocycles. The zero-order chi connectivity index (χ0) is 8.27. The van der Waals surface area contributed by atoms with E-state index in [0.717, 1.165) is 12.8 Å². The zero-order valence-electron chi connectivity index (χ0n) is 7.54. The number of rotatable bonds is 3. The van der Waals surface area contributed by atoms with Gasteiger partial charge in [0.15, 0.2) is 0 Å². The van der Waals surface area contributed by atoms with Crippen LogP contribution in [-0.4, -0.2) is 0 Å². The van der Waals surface area contributed by atoms with Crippen LogP contribution in [0.15, 0.2) is 12.1 Å². The van der Waals surface area contributed by atoms with Crippen LogP contribution in [0, 0.1) is 0 Å². The first-order chi connectivity index (χ1) is 5.27. The Morgan fingerprint density at radius 3 is 2.50 bits per heavy atom. The molecule has 0 bridgehead atoms. The lowest BCUT2D eigenvalue weighted by atomic mass is 10.2. The van der Waals surface area contributed by atoms with Gasteiger partial charge in [-0.25, -0.2) is 0 Å². The fraction of sp³-hybridized carbons (Fsp3) is 0.556. The molecule has 0 amide bonds. The van der Waals surface area contributed by atoms with E-state index in [1.54, 1.807) is 0 Å². The van der Waals surface area contributed by atoms with Crippen LogP contribution < -0.4 is 5.73 Å². The van der Waals surface area contributed by atoms with Gasteiger partial charge in [-0.2, -0.15) is 0 Å². The van der Waals surface area contributed by atoms with Crippen LogP contribution in [0.2, 0.25) is 0 Å². The molecule has 0 aliphatic heterocycles. The van der Waals surface area contributed by atoms with E-state index in [4.69, 9.17) is 5.73 Å². The highest BCUT2D eigenvalue weighted by Crippen LogP contribution is 2.23. The Kier molecular flexibility index (Phi) is 5.55. The lowest BCUT2D eigenvalue weighted by molar-refractivity contribution is 0.712. The number of aryl methyl sites for hydroxylation is 1. The van der Waals surface area contributed by atoms with Crippen molar-refractivity contribution in [3.05, 3.63) is 21.9 Å². The van der Waals surface area contributed by atoms with E-state index in [1.165, 1.54) is 9.75 Å². The fourth-order valence-electron chi connectivity index (χ4n) is 0.985. The third-order valence-corrected chi connectivity index (χ3v) is 3.20. The molecule has 1 aromatic rings. The molecule has 0 saturated carbocycles. The van der Waals surface area contributed by atoms with Crippen molar-refractivity contribution in [3.8, 4) is 0 Å². The largest absolute Gasteiger partial charge is 0.323 e. The van der Waals surface area contributed by atoms with E-state index in [1.807, 2.05) is 11.3 Å². The van der Waals surface area contributed by atoms with Crippen molar-refractivity contribution in [2.45, 2.75) is 32.7 Å². The number of hydrogen-bond acceptors (Lipinski definition) is 2. The summed E-state index contributed by atoms with van der Waals surface area (Å²) in [6, 6.07) is 4.58. The summed E-state index contributed by atoms with van der Waals surface area (Å²) in [7, 11) is 0. The second-order valence-electron chi connectivity index (χ2n) is 2.67. The topological polar surface area (TPSA) is 26.0 Å². The average Bonchev–Trinajstić information content (AvgIpc) is 2.50. The fourth-order valence-corrected chi connectivity index (χ4v) is 2.02.